The molecule has 5 heterocycles. The van der Waals surface area contributed by atoms with Crippen molar-refractivity contribution in [3.8, 4) is 44.5 Å². The van der Waals surface area contributed by atoms with E-state index in [0.29, 0.717) is 0 Å². The SMILES string of the molecule is C1=Cc2nc1c(-c1ccccc1)c1ccc([nH]1)c(-c1ccccc1)c1nc(c(-c3ccccc3)c3ccc([nH]3)c2-c2ccccc2)C=C1.[Cl][Fe]. The predicted molar refractivity (Wildman–Crippen MR) is 206 cm³/mol. The zero-order valence-corrected chi connectivity index (χ0v) is 28.7. The number of nitrogens with zero attached hydrogens (tertiary/aromatic N) is 2. The van der Waals surface area contributed by atoms with Crippen molar-refractivity contribution < 1.29 is 15.1 Å². The summed E-state index contributed by atoms with van der Waals surface area (Å²) in [7, 11) is 4.39. The predicted octanol–water partition coefficient (Wildman–Crippen LogP) is 12.0. The van der Waals surface area contributed by atoms with Crippen molar-refractivity contribution in [3.05, 3.63) is 168 Å². The number of H-pyrrole nitrogens is 2. The molecular formula is C44H30ClFeN4. The summed E-state index contributed by atoms with van der Waals surface area (Å²) in [5.74, 6) is 0. The zero-order valence-electron chi connectivity index (χ0n) is 26.8. The van der Waals surface area contributed by atoms with E-state index in [4.69, 9.17) is 9.97 Å². The Labute approximate surface area is 303 Å². The Hall–Kier alpha value is -5.71. The van der Waals surface area contributed by atoms with Crippen molar-refractivity contribution in [2.24, 2.45) is 0 Å². The molecule has 0 aliphatic carbocycles. The molecule has 241 valence electrons. The van der Waals surface area contributed by atoms with Gasteiger partial charge in [0, 0.05) is 44.3 Å². The molecule has 6 heteroatoms. The number of halogens is 1. The van der Waals surface area contributed by atoms with E-state index in [9.17, 15) is 0 Å². The van der Waals surface area contributed by atoms with Crippen LogP contribution in [0.4, 0.5) is 0 Å². The van der Waals surface area contributed by atoms with Crippen molar-refractivity contribution in [2.45, 2.75) is 0 Å². The van der Waals surface area contributed by atoms with Gasteiger partial charge in [0.2, 0.25) is 0 Å². The molecular weight excluding hydrogens is 676 g/mol. The number of hydrogen-bond donors (Lipinski definition) is 2. The maximum atomic E-state index is 5.35. The van der Waals surface area contributed by atoms with Gasteiger partial charge in [0.25, 0.3) is 0 Å². The van der Waals surface area contributed by atoms with Crippen LogP contribution in [0, 0.1) is 0 Å². The van der Waals surface area contributed by atoms with Crippen molar-refractivity contribution in [1.82, 2.24) is 19.9 Å². The molecule has 2 N–H and O–H groups in total. The standard InChI is InChI=1S/C44H30N4.ClH.Fe/c1-5-13-29(14-6-1)41-33-21-23-35(45-33)42(30-15-7-2-8-16-30)37-25-27-39(47-37)44(32-19-11-4-12-20-32)40-28-26-38(48-40)43(31-17-9-3-10-18-31)36-24-22-34(41)46-36;;/h1-28,45,48H;1H;/q;;+1/p-1. The van der Waals surface area contributed by atoms with Gasteiger partial charge in [-0.25, -0.2) is 9.97 Å². The van der Waals surface area contributed by atoms with Gasteiger partial charge >= 0.3 is 25.2 Å². The topological polar surface area (TPSA) is 57.4 Å². The number of rotatable bonds is 4. The first-order valence-electron chi connectivity index (χ1n) is 16.3. The van der Waals surface area contributed by atoms with Crippen LogP contribution in [0.5, 0.6) is 0 Å². The van der Waals surface area contributed by atoms with Gasteiger partial charge in [-0.05, 0) is 70.8 Å². The first-order valence-corrected chi connectivity index (χ1v) is 17.8. The van der Waals surface area contributed by atoms with E-state index in [0.717, 1.165) is 89.4 Å². The second-order valence-electron chi connectivity index (χ2n) is 12.0. The van der Waals surface area contributed by atoms with Crippen LogP contribution in [-0.2, 0) is 15.1 Å². The summed E-state index contributed by atoms with van der Waals surface area (Å²) in [4.78, 5) is 18.3. The van der Waals surface area contributed by atoms with E-state index in [1.807, 2.05) is 24.3 Å². The molecule has 0 saturated heterocycles. The molecule has 4 aromatic carbocycles. The van der Waals surface area contributed by atoms with Gasteiger partial charge in [-0.2, -0.15) is 0 Å². The molecule has 9 rings (SSSR count). The molecule has 0 saturated carbocycles. The van der Waals surface area contributed by atoms with Crippen LogP contribution >= 0.6 is 10.1 Å². The number of aromatic nitrogens is 4. The van der Waals surface area contributed by atoms with Crippen LogP contribution in [-0.4, -0.2) is 19.9 Å². The Morgan fingerprint density at radius 3 is 0.760 bits per heavy atom. The van der Waals surface area contributed by atoms with Gasteiger partial charge < -0.3 is 9.97 Å². The van der Waals surface area contributed by atoms with Crippen LogP contribution in [0.1, 0.15) is 22.8 Å². The average molecular weight is 706 g/mol. The Kier molecular flexibility index (Phi) is 8.85. The minimum atomic E-state index is 0.906. The molecule has 0 atom stereocenters. The molecule has 3 aromatic heterocycles. The van der Waals surface area contributed by atoms with Gasteiger partial charge in [-0.1, -0.05) is 121 Å². The fraction of sp³-hybridized carbons (Fsp3) is 0. The third-order valence-electron chi connectivity index (χ3n) is 9.00. The minimum absolute atomic E-state index is 0.906. The molecule has 0 unspecified atom stereocenters. The molecule has 0 spiro atoms. The average Bonchev–Trinajstić information content (AvgIpc) is 4.02. The van der Waals surface area contributed by atoms with E-state index < -0.39 is 0 Å². The zero-order chi connectivity index (χ0) is 33.9. The van der Waals surface area contributed by atoms with Gasteiger partial charge in [0.15, 0.2) is 0 Å². The Morgan fingerprint density at radius 2 is 0.540 bits per heavy atom. The maximum absolute atomic E-state index is 5.35. The molecule has 0 radical (unpaired) electrons. The number of benzene rings is 4. The fourth-order valence-electron chi connectivity index (χ4n) is 6.84. The Bertz CT molecular complexity index is 2190. The summed E-state index contributed by atoms with van der Waals surface area (Å²) >= 11 is 2.72. The molecule has 0 fully saturated rings. The third-order valence-corrected chi connectivity index (χ3v) is 9.00. The Morgan fingerprint density at radius 1 is 0.320 bits per heavy atom. The van der Waals surface area contributed by atoms with Gasteiger partial charge in [0.05, 0.1) is 22.8 Å². The monoisotopic (exact) mass is 705 g/mol. The van der Waals surface area contributed by atoms with Gasteiger partial charge in [-0.15, -0.1) is 0 Å². The molecule has 50 heavy (non-hydrogen) atoms. The second-order valence-corrected chi connectivity index (χ2v) is 12.0. The van der Waals surface area contributed by atoms with Crippen LogP contribution < -0.4 is 0 Å². The number of aromatic amines is 2. The van der Waals surface area contributed by atoms with Gasteiger partial charge in [0.1, 0.15) is 0 Å². The van der Waals surface area contributed by atoms with Crippen molar-refractivity contribution >= 4 is 56.5 Å². The normalized spacial score (nSPS) is 11.6. The molecule has 8 bridgehead atoms. The second kappa shape index (κ2) is 14.0. The first kappa shape index (κ1) is 31.6. The fourth-order valence-corrected chi connectivity index (χ4v) is 6.84. The van der Waals surface area contributed by atoms with Crippen molar-refractivity contribution in [3.63, 3.8) is 0 Å². The molecule has 4 nitrogen and oxygen atoms in total. The van der Waals surface area contributed by atoms with Crippen LogP contribution in [0.15, 0.2) is 146 Å². The Balaban J connectivity index is 0.00000177. The number of nitrogens with one attached hydrogen (secondary N) is 2. The van der Waals surface area contributed by atoms with E-state index in [1.54, 1.807) is 0 Å². The van der Waals surface area contributed by atoms with E-state index in [2.05, 4.69) is 181 Å². The summed E-state index contributed by atoms with van der Waals surface area (Å²) in [6, 6.07) is 50.7. The summed E-state index contributed by atoms with van der Waals surface area (Å²) < 4.78 is 0. The van der Waals surface area contributed by atoms with Crippen LogP contribution in [0.25, 0.3) is 90.9 Å². The molecule has 7 aromatic rings. The molecule has 2 aliphatic heterocycles. The first-order chi connectivity index (χ1) is 24.8. The molecule has 0 amide bonds. The van der Waals surface area contributed by atoms with E-state index in [1.165, 1.54) is 0 Å². The van der Waals surface area contributed by atoms with Crippen molar-refractivity contribution in [1.29, 1.82) is 0 Å². The molecule has 2 aliphatic rings. The van der Waals surface area contributed by atoms with E-state index in [-0.39, 0.29) is 0 Å². The van der Waals surface area contributed by atoms with Crippen LogP contribution in [0.3, 0.4) is 0 Å². The third kappa shape index (κ3) is 5.93. The summed E-state index contributed by atoms with van der Waals surface area (Å²) in [6.45, 7) is 0. The van der Waals surface area contributed by atoms with E-state index >= 15 is 0 Å². The number of hydrogen-bond acceptors (Lipinski definition) is 2. The number of fused-ring (bicyclic) bond motifs is 8. The van der Waals surface area contributed by atoms with Crippen LogP contribution in [0.2, 0.25) is 0 Å². The quantitative estimate of drug-likeness (QED) is 0.179. The summed E-state index contributed by atoms with van der Waals surface area (Å²) in [5.41, 5.74) is 16.2. The summed E-state index contributed by atoms with van der Waals surface area (Å²) in [5, 5.41) is 0. The summed E-state index contributed by atoms with van der Waals surface area (Å²) in [6.07, 6.45) is 8.54. The van der Waals surface area contributed by atoms with Gasteiger partial charge in [-0.3, -0.25) is 0 Å². The van der Waals surface area contributed by atoms with Crippen molar-refractivity contribution in [2.75, 3.05) is 0 Å².